The van der Waals surface area contributed by atoms with Gasteiger partial charge in [-0.1, -0.05) is 0 Å². The van der Waals surface area contributed by atoms with Crippen LogP contribution in [-0.4, -0.2) is 63.1 Å². The number of carbonyl (C=O) groups is 1. The molecule has 0 saturated carbocycles. The number of aromatic hydroxyl groups is 2. The molecular weight excluding hydrogens is 274 g/mol. The summed E-state index contributed by atoms with van der Waals surface area (Å²) in [7, 11) is 0. The lowest BCUT2D eigenvalue weighted by Gasteiger charge is -2.35. The number of aromatic nitrogens is 1. The van der Waals surface area contributed by atoms with Gasteiger partial charge in [0.05, 0.1) is 0 Å². The van der Waals surface area contributed by atoms with E-state index in [0.717, 1.165) is 17.6 Å². The van der Waals surface area contributed by atoms with Crippen LogP contribution in [0.5, 0.6) is 11.8 Å². The fraction of sp³-hybridized carbons (Fsp3) is 0.643. The molecule has 1 aromatic heterocycles. The number of piperidine rings is 1. The number of nitrogens with zero attached hydrogens (tertiary/aromatic N) is 3. The molecule has 0 bridgehead atoms. The lowest BCUT2D eigenvalue weighted by Crippen LogP contribution is -2.47. The highest BCUT2D eigenvalue weighted by atomic mass is 16.7. The summed E-state index contributed by atoms with van der Waals surface area (Å²) in [6.07, 6.45) is 3.89. The molecule has 0 aliphatic carbocycles. The maximum absolute atomic E-state index is 12.0. The summed E-state index contributed by atoms with van der Waals surface area (Å²) in [4.78, 5) is 21.2. The van der Waals surface area contributed by atoms with Crippen LogP contribution in [-0.2, 0) is 0 Å². The van der Waals surface area contributed by atoms with Gasteiger partial charge in [-0.15, -0.1) is 4.73 Å². The molecule has 3 rings (SSSR count). The Morgan fingerprint density at radius 1 is 1.05 bits per heavy atom. The number of amides is 1. The van der Waals surface area contributed by atoms with Crippen molar-refractivity contribution in [1.29, 1.82) is 0 Å². The monoisotopic (exact) mass is 295 g/mol. The Kier molecular flexibility index (Phi) is 3.92. The molecule has 7 heteroatoms. The van der Waals surface area contributed by atoms with E-state index in [1.165, 1.54) is 38.1 Å². The summed E-state index contributed by atoms with van der Waals surface area (Å²) in [5.74, 6) is -0.597. The summed E-state index contributed by atoms with van der Waals surface area (Å²) in [5.41, 5.74) is 0. The van der Waals surface area contributed by atoms with Crippen LogP contribution in [0, 0.1) is 0 Å². The Labute approximate surface area is 123 Å². The van der Waals surface area contributed by atoms with Gasteiger partial charge >= 0.3 is 6.09 Å². The second-order valence-electron chi connectivity index (χ2n) is 5.66. The summed E-state index contributed by atoms with van der Waals surface area (Å²) in [6.45, 7) is 3.62. The van der Waals surface area contributed by atoms with Crippen molar-refractivity contribution in [2.24, 2.45) is 0 Å². The third-order valence-electron chi connectivity index (χ3n) is 4.35. The highest BCUT2D eigenvalue weighted by Gasteiger charge is 2.29. The average Bonchev–Trinajstić information content (AvgIpc) is 3.13. The molecule has 0 spiro atoms. The molecule has 0 atom stereocenters. The van der Waals surface area contributed by atoms with Crippen LogP contribution in [0.2, 0.25) is 0 Å². The lowest BCUT2D eigenvalue weighted by molar-refractivity contribution is 0.0578. The van der Waals surface area contributed by atoms with Crippen LogP contribution in [0.3, 0.4) is 0 Å². The van der Waals surface area contributed by atoms with Gasteiger partial charge in [-0.3, -0.25) is 0 Å². The van der Waals surface area contributed by atoms with Gasteiger partial charge in [-0.05, 0) is 38.8 Å². The van der Waals surface area contributed by atoms with E-state index >= 15 is 0 Å². The topological polar surface area (TPSA) is 78.2 Å². The molecule has 1 aromatic rings. The molecule has 21 heavy (non-hydrogen) atoms. The minimum Gasteiger partial charge on any atom is -0.492 e. The van der Waals surface area contributed by atoms with Crippen LogP contribution in [0.4, 0.5) is 4.79 Å². The first kappa shape index (κ1) is 14.1. The third kappa shape index (κ3) is 2.92. The highest BCUT2D eigenvalue weighted by molar-refractivity contribution is 5.68. The van der Waals surface area contributed by atoms with Crippen molar-refractivity contribution in [2.75, 3.05) is 26.2 Å². The van der Waals surface area contributed by atoms with Gasteiger partial charge in [0.15, 0.2) is 0 Å². The number of carbonyl (C=O) groups excluding carboxylic acids is 1. The molecule has 7 nitrogen and oxygen atoms in total. The molecule has 0 unspecified atom stereocenters. The number of likely N-dealkylation sites (tertiary alicyclic amines) is 2. The Balaban J connectivity index is 1.53. The number of hydrogen-bond donors (Lipinski definition) is 2. The largest absolute Gasteiger partial charge is 0.492 e. The standard InChI is InChI=1S/C14H21N3O4/c18-12-3-4-13(19)17(12)21-14(20)16-9-5-11(6-10-16)15-7-1-2-8-15/h3-4,11,18-19H,1-2,5-10H2. The minimum absolute atomic E-state index is 0.298. The van der Waals surface area contributed by atoms with Crippen LogP contribution in [0.15, 0.2) is 12.1 Å². The van der Waals surface area contributed by atoms with Crippen molar-refractivity contribution in [3.8, 4) is 11.8 Å². The Morgan fingerprint density at radius 3 is 2.19 bits per heavy atom. The van der Waals surface area contributed by atoms with Crippen molar-refractivity contribution >= 4 is 6.09 Å². The molecule has 0 aromatic carbocycles. The second kappa shape index (κ2) is 5.85. The van der Waals surface area contributed by atoms with E-state index in [-0.39, 0.29) is 11.8 Å². The van der Waals surface area contributed by atoms with Gasteiger partial charge in [0, 0.05) is 31.3 Å². The van der Waals surface area contributed by atoms with Gasteiger partial charge < -0.3 is 24.9 Å². The molecule has 3 heterocycles. The van der Waals surface area contributed by atoms with E-state index in [2.05, 4.69) is 4.90 Å². The van der Waals surface area contributed by atoms with Crippen molar-refractivity contribution in [2.45, 2.75) is 31.7 Å². The fourth-order valence-corrected chi connectivity index (χ4v) is 3.15. The van der Waals surface area contributed by atoms with E-state index < -0.39 is 6.09 Å². The predicted octanol–water partition coefficient (Wildman–Crippen LogP) is 1.01. The van der Waals surface area contributed by atoms with E-state index in [1.54, 1.807) is 4.90 Å². The van der Waals surface area contributed by atoms with Gasteiger partial charge in [-0.2, -0.15) is 0 Å². The van der Waals surface area contributed by atoms with Crippen molar-refractivity contribution in [3.05, 3.63) is 12.1 Å². The summed E-state index contributed by atoms with van der Waals surface area (Å²) in [6, 6.07) is 3.09. The van der Waals surface area contributed by atoms with Crippen LogP contribution in [0.1, 0.15) is 25.7 Å². The summed E-state index contributed by atoms with van der Waals surface area (Å²) >= 11 is 0. The molecule has 0 radical (unpaired) electrons. The molecule has 2 N–H and O–H groups in total. The van der Waals surface area contributed by atoms with E-state index in [0.29, 0.717) is 19.1 Å². The van der Waals surface area contributed by atoms with E-state index in [9.17, 15) is 15.0 Å². The van der Waals surface area contributed by atoms with Gasteiger partial charge in [0.1, 0.15) is 0 Å². The molecular formula is C14H21N3O4. The molecule has 2 aliphatic rings. The van der Waals surface area contributed by atoms with Crippen LogP contribution in [0.25, 0.3) is 0 Å². The van der Waals surface area contributed by atoms with Gasteiger partial charge in [0.25, 0.3) is 0 Å². The molecule has 116 valence electrons. The zero-order valence-corrected chi connectivity index (χ0v) is 11.9. The molecule has 2 saturated heterocycles. The van der Waals surface area contributed by atoms with Crippen molar-refractivity contribution in [1.82, 2.24) is 14.5 Å². The first-order valence-corrected chi connectivity index (χ1v) is 7.46. The molecule has 2 aliphatic heterocycles. The lowest BCUT2D eigenvalue weighted by atomic mass is 10.0. The summed E-state index contributed by atoms with van der Waals surface area (Å²) < 4.78 is 0.731. The molecule has 1 amide bonds. The first-order valence-electron chi connectivity index (χ1n) is 7.46. The van der Waals surface area contributed by atoms with Crippen LogP contribution < -0.4 is 4.84 Å². The number of hydrogen-bond acceptors (Lipinski definition) is 5. The Hall–Kier alpha value is -1.89. The maximum atomic E-state index is 12.0. The average molecular weight is 295 g/mol. The van der Waals surface area contributed by atoms with Crippen LogP contribution >= 0.6 is 0 Å². The van der Waals surface area contributed by atoms with E-state index in [4.69, 9.17) is 4.84 Å². The summed E-state index contributed by atoms with van der Waals surface area (Å²) in [5, 5.41) is 18.9. The molecule has 2 fully saturated rings. The Bertz CT molecular complexity index is 483. The van der Waals surface area contributed by atoms with E-state index in [1.807, 2.05) is 0 Å². The van der Waals surface area contributed by atoms with Gasteiger partial charge in [-0.25, -0.2) is 4.79 Å². The quantitative estimate of drug-likeness (QED) is 0.851. The fourth-order valence-electron chi connectivity index (χ4n) is 3.15. The normalized spacial score (nSPS) is 20.9. The maximum Gasteiger partial charge on any atom is 0.434 e. The third-order valence-corrected chi connectivity index (χ3v) is 4.35. The SMILES string of the molecule is O=C(On1c(O)ccc1O)N1CCC(N2CCCC2)CC1. The van der Waals surface area contributed by atoms with Crippen molar-refractivity contribution in [3.63, 3.8) is 0 Å². The van der Waals surface area contributed by atoms with Crippen molar-refractivity contribution < 1.29 is 19.8 Å². The predicted molar refractivity (Wildman–Crippen MR) is 75.1 cm³/mol. The zero-order chi connectivity index (χ0) is 14.8. The van der Waals surface area contributed by atoms with Gasteiger partial charge in [0.2, 0.25) is 11.8 Å². The smallest absolute Gasteiger partial charge is 0.434 e. The number of rotatable bonds is 2. The minimum atomic E-state index is -0.545. The Morgan fingerprint density at radius 2 is 1.62 bits per heavy atom. The highest BCUT2D eigenvalue weighted by Crippen LogP contribution is 2.22. The second-order valence-corrected chi connectivity index (χ2v) is 5.66. The first-order chi connectivity index (χ1) is 10.1. The zero-order valence-electron chi connectivity index (χ0n) is 11.9.